The van der Waals surface area contributed by atoms with E-state index in [4.69, 9.17) is 32.7 Å². The molecule has 0 unspecified atom stereocenters. The average Bonchev–Trinajstić information content (AvgIpc) is 3.23. The minimum absolute atomic E-state index is 0.0627. The first-order valence-corrected chi connectivity index (χ1v) is 10.3. The molecule has 5 rings (SSSR count). The molecule has 0 amide bonds. The molecule has 0 saturated heterocycles. The number of para-hydroxylation sites is 1. The van der Waals surface area contributed by atoms with Crippen molar-refractivity contribution in [1.82, 2.24) is 0 Å². The van der Waals surface area contributed by atoms with Crippen molar-refractivity contribution in [2.45, 2.75) is 22.8 Å². The molecule has 0 N–H and O–H groups in total. The van der Waals surface area contributed by atoms with Crippen LogP contribution >= 0.6 is 23.2 Å². The lowest BCUT2D eigenvalue weighted by atomic mass is 9.82. The van der Waals surface area contributed by atoms with E-state index >= 15 is 0 Å². The lowest BCUT2D eigenvalue weighted by Crippen LogP contribution is -2.28. The topological polar surface area (TPSA) is 18.5 Å². The maximum absolute atomic E-state index is 6.95. The fourth-order valence-corrected chi connectivity index (χ4v) is 5.57. The monoisotopic (exact) mass is 410 g/mol. The Labute approximate surface area is 175 Å². The van der Waals surface area contributed by atoms with E-state index in [1.54, 1.807) is 0 Å². The van der Waals surface area contributed by atoms with Gasteiger partial charge in [-0.2, -0.15) is 0 Å². The number of alkyl halides is 2. The molecule has 2 aliphatic rings. The minimum atomic E-state index is -1.03. The van der Waals surface area contributed by atoms with E-state index < -0.39 is 9.93 Å². The second-order valence-electron chi connectivity index (χ2n) is 7.32. The summed E-state index contributed by atoms with van der Waals surface area (Å²) in [6.07, 6.45) is 0. The normalized spacial score (nSPS) is 26.5. The summed E-state index contributed by atoms with van der Waals surface area (Å²) in [7, 11) is 0. The molecule has 1 heterocycles. The highest BCUT2D eigenvalue weighted by molar-refractivity contribution is 6.52. The zero-order chi connectivity index (χ0) is 19.4. The van der Waals surface area contributed by atoms with Gasteiger partial charge in [0.25, 0.3) is 0 Å². The van der Waals surface area contributed by atoms with Crippen molar-refractivity contribution in [2.75, 3.05) is 6.61 Å². The van der Waals surface area contributed by atoms with Crippen molar-refractivity contribution in [1.29, 1.82) is 0 Å². The number of hydrogen-bond acceptors (Lipinski definition) is 2. The van der Waals surface area contributed by atoms with E-state index in [9.17, 15) is 0 Å². The predicted octanol–water partition coefficient (Wildman–Crippen LogP) is 6.31. The smallest absolute Gasteiger partial charge is 0.174 e. The van der Waals surface area contributed by atoms with Crippen LogP contribution in [0.1, 0.15) is 29.5 Å². The molecule has 3 aromatic carbocycles. The summed E-state index contributed by atoms with van der Waals surface area (Å²) in [6, 6.07) is 26.5. The number of ether oxygens (including phenoxy) is 2. The third kappa shape index (κ3) is 2.41. The molecule has 0 radical (unpaired) electrons. The van der Waals surface area contributed by atoms with Crippen LogP contribution in [0.4, 0.5) is 0 Å². The molecule has 0 aromatic heterocycles. The van der Waals surface area contributed by atoms with Gasteiger partial charge in [0, 0.05) is 11.5 Å². The highest BCUT2D eigenvalue weighted by atomic mass is 35.5. The SMILES string of the molecule is CCOc1ccc([C@@]23Oc4ccccc4[C@@H](c4ccccc4)[C@H]2C3(Cl)Cl)cc1. The van der Waals surface area contributed by atoms with Gasteiger partial charge in [0.2, 0.25) is 0 Å². The van der Waals surface area contributed by atoms with Gasteiger partial charge in [-0.25, -0.2) is 0 Å². The molecule has 1 aliphatic heterocycles. The van der Waals surface area contributed by atoms with Gasteiger partial charge in [-0.1, -0.05) is 83.9 Å². The van der Waals surface area contributed by atoms with Crippen LogP contribution in [-0.2, 0) is 5.60 Å². The van der Waals surface area contributed by atoms with E-state index in [0.717, 1.165) is 22.6 Å². The van der Waals surface area contributed by atoms with Crippen LogP contribution in [0.2, 0.25) is 0 Å². The molecule has 1 saturated carbocycles. The number of hydrogen-bond donors (Lipinski definition) is 0. The van der Waals surface area contributed by atoms with Crippen LogP contribution in [0.25, 0.3) is 0 Å². The van der Waals surface area contributed by atoms with Gasteiger partial charge < -0.3 is 9.47 Å². The maximum Gasteiger partial charge on any atom is 0.174 e. The Kier molecular flexibility index (Phi) is 4.12. The Morgan fingerprint density at radius 2 is 1.57 bits per heavy atom. The summed E-state index contributed by atoms with van der Waals surface area (Å²) in [5.74, 6) is 1.64. The Bertz CT molecular complexity index is 1000. The summed E-state index contributed by atoms with van der Waals surface area (Å²) in [4.78, 5) is 0. The first-order chi connectivity index (χ1) is 13.6. The lowest BCUT2D eigenvalue weighted by molar-refractivity contribution is 0.137. The fourth-order valence-electron chi connectivity index (χ4n) is 4.59. The second kappa shape index (κ2) is 6.43. The number of halogens is 2. The van der Waals surface area contributed by atoms with Crippen LogP contribution in [0.5, 0.6) is 11.5 Å². The van der Waals surface area contributed by atoms with E-state index in [2.05, 4.69) is 30.3 Å². The molecule has 1 aliphatic carbocycles. The van der Waals surface area contributed by atoms with Crippen molar-refractivity contribution in [3.63, 3.8) is 0 Å². The number of rotatable bonds is 4. The van der Waals surface area contributed by atoms with Gasteiger partial charge in [-0.3, -0.25) is 0 Å². The van der Waals surface area contributed by atoms with E-state index in [1.807, 2.05) is 55.5 Å². The van der Waals surface area contributed by atoms with Crippen LogP contribution in [0.3, 0.4) is 0 Å². The van der Waals surface area contributed by atoms with Crippen LogP contribution < -0.4 is 9.47 Å². The maximum atomic E-state index is 6.95. The summed E-state index contributed by atoms with van der Waals surface area (Å²) in [5.41, 5.74) is 2.52. The first-order valence-electron chi connectivity index (χ1n) is 9.53. The van der Waals surface area contributed by atoms with Gasteiger partial charge in [0.15, 0.2) is 9.93 Å². The molecule has 3 aromatic rings. The quantitative estimate of drug-likeness (QED) is 0.469. The highest BCUT2D eigenvalue weighted by Gasteiger charge is 2.83. The molecular weight excluding hydrogens is 391 g/mol. The van der Waals surface area contributed by atoms with E-state index in [0.29, 0.717) is 6.61 Å². The van der Waals surface area contributed by atoms with Gasteiger partial charge in [0.05, 0.1) is 12.5 Å². The Morgan fingerprint density at radius 1 is 0.893 bits per heavy atom. The van der Waals surface area contributed by atoms with Crippen molar-refractivity contribution >= 4 is 23.2 Å². The van der Waals surface area contributed by atoms with Gasteiger partial charge in [-0.05, 0) is 36.2 Å². The zero-order valence-corrected chi connectivity index (χ0v) is 17.0. The van der Waals surface area contributed by atoms with Gasteiger partial charge >= 0.3 is 0 Å². The second-order valence-corrected chi connectivity index (χ2v) is 8.71. The summed E-state index contributed by atoms with van der Waals surface area (Å²) >= 11 is 13.9. The Morgan fingerprint density at radius 3 is 2.29 bits per heavy atom. The summed E-state index contributed by atoms with van der Waals surface area (Å²) < 4.78 is 11.1. The van der Waals surface area contributed by atoms with Gasteiger partial charge in [-0.15, -0.1) is 0 Å². The van der Waals surface area contributed by atoms with Crippen LogP contribution in [-0.4, -0.2) is 10.9 Å². The number of fused-ring (bicyclic) bond motifs is 2. The minimum Gasteiger partial charge on any atom is -0.494 e. The zero-order valence-electron chi connectivity index (χ0n) is 15.4. The third-order valence-electron chi connectivity index (χ3n) is 5.85. The molecule has 0 bridgehead atoms. The predicted molar refractivity (Wildman–Crippen MR) is 113 cm³/mol. The molecule has 3 atom stereocenters. The molecule has 28 heavy (non-hydrogen) atoms. The molecule has 4 heteroatoms. The molecule has 142 valence electrons. The Hall–Kier alpha value is -2.16. The van der Waals surface area contributed by atoms with Crippen LogP contribution in [0, 0.1) is 5.92 Å². The third-order valence-corrected chi connectivity index (χ3v) is 6.88. The summed E-state index contributed by atoms with van der Waals surface area (Å²) in [6.45, 7) is 2.60. The van der Waals surface area contributed by atoms with Crippen molar-refractivity contribution in [3.05, 3.63) is 95.6 Å². The van der Waals surface area contributed by atoms with Crippen LogP contribution in [0.15, 0.2) is 78.9 Å². The van der Waals surface area contributed by atoms with Crippen molar-refractivity contribution in [2.24, 2.45) is 5.92 Å². The van der Waals surface area contributed by atoms with E-state index in [-0.39, 0.29) is 11.8 Å². The highest BCUT2D eigenvalue weighted by Crippen LogP contribution is 2.77. The van der Waals surface area contributed by atoms with Crippen molar-refractivity contribution in [3.8, 4) is 11.5 Å². The van der Waals surface area contributed by atoms with E-state index in [1.165, 1.54) is 5.56 Å². The first kappa shape index (κ1) is 17.9. The average molecular weight is 411 g/mol. The molecule has 2 nitrogen and oxygen atoms in total. The molecule has 0 spiro atoms. The molecular formula is C24H20Cl2O2. The van der Waals surface area contributed by atoms with Crippen molar-refractivity contribution < 1.29 is 9.47 Å². The summed E-state index contributed by atoms with van der Waals surface area (Å²) in [5, 5.41) is 0. The Balaban J connectivity index is 1.66. The molecule has 1 fully saturated rings. The number of benzene rings is 3. The lowest BCUT2D eigenvalue weighted by Gasteiger charge is -2.31. The fraction of sp³-hybridized carbons (Fsp3) is 0.250. The standard InChI is InChI=1S/C24H20Cl2O2/c1-2-27-18-14-12-17(13-15-18)23-22(24(23,25)26)21(16-8-4-3-5-9-16)19-10-6-7-11-20(19)28-23/h3-15,21-22H,2H2,1H3/t21-,22-,23-/m1/s1. The largest absolute Gasteiger partial charge is 0.494 e. The van der Waals surface area contributed by atoms with Gasteiger partial charge in [0.1, 0.15) is 11.5 Å².